The molecule has 0 radical (unpaired) electrons. The van der Waals surface area contributed by atoms with E-state index in [0.717, 1.165) is 5.92 Å². The Morgan fingerprint density at radius 2 is 2.38 bits per heavy atom. The van der Waals surface area contributed by atoms with E-state index in [-0.39, 0.29) is 0 Å². The molecule has 1 atom stereocenters. The Morgan fingerprint density at radius 1 is 1.75 bits per heavy atom. The average molecular weight is 111 g/mol. The fourth-order valence-electron chi connectivity index (χ4n) is 0.947. The van der Waals surface area contributed by atoms with E-state index in [9.17, 15) is 0 Å². The van der Waals surface area contributed by atoms with Crippen molar-refractivity contribution in [2.75, 3.05) is 0 Å². The summed E-state index contributed by atoms with van der Waals surface area (Å²) in [5.74, 6) is 1.51. The van der Waals surface area contributed by atoms with Gasteiger partial charge in [-0.3, -0.25) is 0 Å². The molecule has 0 heterocycles. The van der Waals surface area contributed by atoms with Gasteiger partial charge in [0.2, 0.25) is 0 Å². The maximum Gasteiger partial charge on any atom is -0.00194 e. The van der Waals surface area contributed by atoms with Crippen molar-refractivity contribution in [1.82, 2.24) is 0 Å². The molecular formula is C7H13N. The van der Waals surface area contributed by atoms with E-state index in [1.54, 1.807) is 6.21 Å². The molecule has 0 amide bonds. The summed E-state index contributed by atoms with van der Waals surface area (Å²) in [6, 6.07) is 0. The predicted molar refractivity (Wildman–Crippen MR) is 35.3 cm³/mol. The van der Waals surface area contributed by atoms with Gasteiger partial charge in [-0.05, 0) is 24.5 Å². The maximum atomic E-state index is 6.90. The molecule has 0 aliphatic heterocycles. The normalized spacial score (nSPS) is 22.6. The van der Waals surface area contributed by atoms with Crippen molar-refractivity contribution in [2.24, 2.45) is 11.8 Å². The standard InChI is InChI=1S/C7H13N/c1-6(5-8)4-7-2-3-7/h5-8H,2-4H2,1H3. The summed E-state index contributed by atoms with van der Waals surface area (Å²) in [5.41, 5.74) is 0. The van der Waals surface area contributed by atoms with Crippen molar-refractivity contribution in [2.45, 2.75) is 26.2 Å². The quantitative estimate of drug-likeness (QED) is 0.539. The summed E-state index contributed by atoms with van der Waals surface area (Å²) >= 11 is 0. The Balaban J connectivity index is 2.06. The second-order valence-electron chi connectivity index (χ2n) is 2.82. The summed E-state index contributed by atoms with van der Waals surface area (Å²) in [6.07, 6.45) is 5.64. The number of rotatable bonds is 3. The van der Waals surface area contributed by atoms with Crippen LogP contribution in [0.25, 0.3) is 0 Å². The molecule has 46 valence electrons. The van der Waals surface area contributed by atoms with Crippen LogP contribution in [0.2, 0.25) is 0 Å². The number of nitrogens with one attached hydrogen (secondary N) is 1. The Kier molecular flexibility index (Phi) is 1.66. The molecule has 0 aromatic carbocycles. The van der Waals surface area contributed by atoms with E-state index in [1.165, 1.54) is 19.3 Å². The molecule has 1 rings (SSSR count). The highest BCUT2D eigenvalue weighted by molar-refractivity contribution is 5.56. The van der Waals surface area contributed by atoms with Crippen molar-refractivity contribution in [1.29, 1.82) is 5.41 Å². The van der Waals surface area contributed by atoms with Crippen molar-refractivity contribution < 1.29 is 0 Å². The molecule has 0 saturated heterocycles. The molecule has 1 aliphatic carbocycles. The smallest absolute Gasteiger partial charge is 0.00194 e. The lowest BCUT2D eigenvalue weighted by molar-refractivity contribution is 0.626. The van der Waals surface area contributed by atoms with Crippen molar-refractivity contribution in [3.05, 3.63) is 0 Å². The zero-order chi connectivity index (χ0) is 5.98. The van der Waals surface area contributed by atoms with Crippen LogP contribution in [0.4, 0.5) is 0 Å². The first-order valence-corrected chi connectivity index (χ1v) is 3.33. The molecule has 1 saturated carbocycles. The Labute approximate surface area is 50.6 Å². The minimum Gasteiger partial charge on any atom is -0.313 e. The highest BCUT2D eigenvalue weighted by atomic mass is 14.4. The van der Waals surface area contributed by atoms with Crippen LogP contribution in [0.1, 0.15) is 26.2 Å². The highest BCUT2D eigenvalue weighted by Gasteiger charge is 2.22. The maximum absolute atomic E-state index is 6.90. The lowest BCUT2D eigenvalue weighted by Crippen LogP contribution is -1.94. The summed E-state index contributed by atoms with van der Waals surface area (Å²) in [4.78, 5) is 0. The highest BCUT2D eigenvalue weighted by Crippen LogP contribution is 2.34. The van der Waals surface area contributed by atoms with E-state index < -0.39 is 0 Å². The minimum absolute atomic E-state index is 0.530. The van der Waals surface area contributed by atoms with E-state index in [2.05, 4.69) is 6.92 Å². The van der Waals surface area contributed by atoms with Crippen LogP contribution in [0.15, 0.2) is 0 Å². The fourth-order valence-corrected chi connectivity index (χ4v) is 0.947. The summed E-state index contributed by atoms with van der Waals surface area (Å²) in [5, 5.41) is 6.90. The van der Waals surface area contributed by atoms with Crippen LogP contribution < -0.4 is 0 Å². The van der Waals surface area contributed by atoms with Crippen LogP contribution in [0, 0.1) is 17.2 Å². The molecule has 1 aliphatic rings. The van der Waals surface area contributed by atoms with Crippen LogP contribution >= 0.6 is 0 Å². The lowest BCUT2D eigenvalue weighted by atomic mass is 10.1. The SMILES string of the molecule is CC(C=N)CC1CC1. The molecule has 0 aromatic rings. The van der Waals surface area contributed by atoms with Gasteiger partial charge >= 0.3 is 0 Å². The van der Waals surface area contributed by atoms with E-state index in [0.29, 0.717) is 5.92 Å². The monoisotopic (exact) mass is 111 g/mol. The fraction of sp³-hybridized carbons (Fsp3) is 0.857. The van der Waals surface area contributed by atoms with Crippen molar-refractivity contribution in [3.63, 3.8) is 0 Å². The molecular weight excluding hydrogens is 98.1 g/mol. The van der Waals surface area contributed by atoms with Crippen LogP contribution in [0.5, 0.6) is 0 Å². The summed E-state index contributed by atoms with van der Waals surface area (Å²) < 4.78 is 0. The van der Waals surface area contributed by atoms with Gasteiger partial charge in [0.25, 0.3) is 0 Å². The van der Waals surface area contributed by atoms with Gasteiger partial charge in [-0.25, -0.2) is 0 Å². The molecule has 1 heteroatoms. The van der Waals surface area contributed by atoms with E-state index in [1.807, 2.05) is 0 Å². The third-order valence-electron chi connectivity index (χ3n) is 1.69. The van der Waals surface area contributed by atoms with Gasteiger partial charge in [-0.1, -0.05) is 19.8 Å². The zero-order valence-corrected chi connectivity index (χ0v) is 5.35. The van der Waals surface area contributed by atoms with Gasteiger partial charge in [-0.2, -0.15) is 0 Å². The zero-order valence-electron chi connectivity index (χ0n) is 5.35. The molecule has 8 heavy (non-hydrogen) atoms. The van der Waals surface area contributed by atoms with Gasteiger partial charge in [-0.15, -0.1) is 0 Å². The van der Waals surface area contributed by atoms with Gasteiger partial charge in [0, 0.05) is 0 Å². The largest absolute Gasteiger partial charge is 0.313 e. The number of hydrogen-bond acceptors (Lipinski definition) is 1. The van der Waals surface area contributed by atoms with E-state index >= 15 is 0 Å². The Bertz CT molecular complexity index is 84.4. The Hall–Kier alpha value is -0.330. The first-order valence-electron chi connectivity index (χ1n) is 3.33. The van der Waals surface area contributed by atoms with Gasteiger partial charge in [0.1, 0.15) is 0 Å². The third-order valence-corrected chi connectivity index (χ3v) is 1.69. The molecule has 0 spiro atoms. The van der Waals surface area contributed by atoms with Crippen molar-refractivity contribution in [3.8, 4) is 0 Å². The van der Waals surface area contributed by atoms with Crippen molar-refractivity contribution >= 4 is 6.21 Å². The second kappa shape index (κ2) is 2.29. The van der Waals surface area contributed by atoms with Gasteiger partial charge in [0.05, 0.1) is 0 Å². The predicted octanol–water partition coefficient (Wildman–Crippen LogP) is 2.07. The molecule has 1 nitrogen and oxygen atoms in total. The summed E-state index contributed by atoms with van der Waals surface area (Å²) in [6.45, 7) is 2.12. The van der Waals surface area contributed by atoms with E-state index in [4.69, 9.17) is 5.41 Å². The molecule has 1 fully saturated rings. The molecule has 1 N–H and O–H groups in total. The van der Waals surface area contributed by atoms with Gasteiger partial charge in [0.15, 0.2) is 0 Å². The van der Waals surface area contributed by atoms with Crippen LogP contribution in [-0.4, -0.2) is 6.21 Å². The molecule has 0 bridgehead atoms. The Morgan fingerprint density at radius 3 is 2.75 bits per heavy atom. The summed E-state index contributed by atoms with van der Waals surface area (Å²) in [7, 11) is 0. The first kappa shape index (κ1) is 5.80. The number of hydrogen-bond donors (Lipinski definition) is 1. The second-order valence-corrected chi connectivity index (χ2v) is 2.82. The van der Waals surface area contributed by atoms with Gasteiger partial charge < -0.3 is 5.41 Å². The van der Waals surface area contributed by atoms with Crippen LogP contribution in [-0.2, 0) is 0 Å². The molecule has 1 unspecified atom stereocenters. The molecule has 0 aromatic heterocycles. The third kappa shape index (κ3) is 1.65. The average Bonchev–Trinajstić information content (AvgIpc) is 2.50. The van der Waals surface area contributed by atoms with Crippen LogP contribution in [0.3, 0.4) is 0 Å². The first-order chi connectivity index (χ1) is 3.83. The minimum atomic E-state index is 0.530. The lowest BCUT2D eigenvalue weighted by Gasteiger charge is -1.99. The topological polar surface area (TPSA) is 23.9 Å².